The highest BCUT2D eigenvalue weighted by atomic mass is 32.1. The SMILES string of the molecule is COc1ccc(N2CCN(C(=O)Cc3csc(-c4ccsc4)n3)CC2)cc1. The number of ether oxygens (including phenoxy) is 1. The van der Waals surface area contributed by atoms with Crippen molar-refractivity contribution >= 4 is 34.3 Å². The number of thiazole rings is 1. The number of thiophene rings is 1. The van der Waals surface area contributed by atoms with Gasteiger partial charge in [-0.25, -0.2) is 4.98 Å². The molecule has 2 aromatic heterocycles. The van der Waals surface area contributed by atoms with Crippen LogP contribution in [0.4, 0.5) is 5.69 Å². The number of rotatable bonds is 5. The van der Waals surface area contributed by atoms with Crippen LogP contribution in [-0.4, -0.2) is 49.1 Å². The summed E-state index contributed by atoms with van der Waals surface area (Å²) in [5, 5.41) is 7.12. The lowest BCUT2D eigenvalue weighted by molar-refractivity contribution is -0.130. The van der Waals surface area contributed by atoms with E-state index in [1.807, 2.05) is 27.8 Å². The van der Waals surface area contributed by atoms with Crippen molar-refractivity contribution in [1.82, 2.24) is 9.88 Å². The molecule has 0 bridgehead atoms. The molecule has 1 aromatic carbocycles. The zero-order valence-corrected chi connectivity index (χ0v) is 16.8. The number of hydrogen-bond donors (Lipinski definition) is 0. The number of methoxy groups -OCH3 is 1. The summed E-state index contributed by atoms with van der Waals surface area (Å²) in [5.41, 5.74) is 3.17. The number of nitrogens with zero attached hydrogens (tertiary/aromatic N) is 3. The molecule has 1 aliphatic rings. The van der Waals surface area contributed by atoms with Gasteiger partial charge in [-0.15, -0.1) is 11.3 Å². The highest BCUT2D eigenvalue weighted by Crippen LogP contribution is 2.26. The van der Waals surface area contributed by atoms with Crippen molar-refractivity contribution in [1.29, 1.82) is 0 Å². The van der Waals surface area contributed by atoms with Gasteiger partial charge in [-0.2, -0.15) is 11.3 Å². The van der Waals surface area contributed by atoms with Gasteiger partial charge in [0.15, 0.2) is 0 Å². The van der Waals surface area contributed by atoms with Crippen molar-refractivity contribution in [3.63, 3.8) is 0 Å². The third-order valence-electron chi connectivity index (χ3n) is 4.72. The van der Waals surface area contributed by atoms with Crippen molar-refractivity contribution in [2.24, 2.45) is 0 Å². The topological polar surface area (TPSA) is 45.7 Å². The molecule has 0 aliphatic carbocycles. The summed E-state index contributed by atoms with van der Waals surface area (Å²) < 4.78 is 5.21. The summed E-state index contributed by atoms with van der Waals surface area (Å²) in [6.45, 7) is 3.17. The van der Waals surface area contributed by atoms with Gasteiger partial charge in [0.05, 0.1) is 19.2 Å². The van der Waals surface area contributed by atoms with E-state index in [2.05, 4.69) is 33.5 Å². The molecule has 7 heteroatoms. The molecule has 0 N–H and O–H groups in total. The number of amides is 1. The maximum absolute atomic E-state index is 12.6. The molecule has 27 heavy (non-hydrogen) atoms. The molecule has 0 atom stereocenters. The second-order valence-corrected chi connectivity index (χ2v) is 8.04. The van der Waals surface area contributed by atoms with E-state index in [-0.39, 0.29) is 5.91 Å². The van der Waals surface area contributed by atoms with E-state index < -0.39 is 0 Å². The Morgan fingerprint density at radius 1 is 1.11 bits per heavy atom. The fraction of sp³-hybridized carbons (Fsp3) is 0.300. The zero-order chi connectivity index (χ0) is 18.6. The van der Waals surface area contributed by atoms with Crippen LogP contribution in [0.15, 0.2) is 46.5 Å². The van der Waals surface area contributed by atoms with E-state index in [1.165, 1.54) is 5.69 Å². The Kier molecular flexibility index (Phi) is 5.40. The highest BCUT2D eigenvalue weighted by molar-refractivity contribution is 7.14. The first-order chi connectivity index (χ1) is 13.2. The van der Waals surface area contributed by atoms with E-state index >= 15 is 0 Å². The standard InChI is InChI=1S/C20H21N3O2S2/c1-25-18-4-2-17(3-5-18)22-7-9-23(10-8-22)19(24)12-16-14-27-20(21-16)15-6-11-26-13-15/h2-6,11,13-14H,7-10,12H2,1H3. The van der Waals surface area contributed by atoms with Gasteiger partial charge in [0.25, 0.3) is 0 Å². The number of piperazine rings is 1. The summed E-state index contributed by atoms with van der Waals surface area (Å²) in [6, 6.07) is 10.1. The fourth-order valence-electron chi connectivity index (χ4n) is 3.18. The predicted octanol–water partition coefficient (Wildman–Crippen LogP) is 3.77. The highest BCUT2D eigenvalue weighted by Gasteiger charge is 2.22. The quantitative estimate of drug-likeness (QED) is 0.655. The molecule has 0 radical (unpaired) electrons. The van der Waals surface area contributed by atoms with Gasteiger partial charge < -0.3 is 14.5 Å². The molecule has 1 aliphatic heterocycles. The molecular weight excluding hydrogens is 378 g/mol. The van der Waals surface area contributed by atoms with E-state index in [0.29, 0.717) is 6.42 Å². The normalized spacial score (nSPS) is 14.4. The Bertz CT molecular complexity index is 882. The van der Waals surface area contributed by atoms with Crippen LogP contribution in [0.2, 0.25) is 0 Å². The third-order valence-corrected chi connectivity index (χ3v) is 6.35. The summed E-state index contributed by atoms with van der Waals surface area (Å²) in [7, 11) is 1.67. The average molecular weight is 400 g/mol. The van der Waals surface area contributed by atoms with Crippen molar-refractivity contribution < 1.29 is 9.53 Å². The van der Waals surface area contributed by atoms with Crippen LogP contribution < -0.4 is 9.64 Å². The largest absolute Gasteiger partial charge is 0.497 e. The fourth-order valence-corrected chi connectivity index (χ4v) is 4.71. The lowest BCUT2D eigenvalue weighted by Gasteiger charge is -2.36. The van der Waals surface area contributed by atoms with Gasteiger partial charge in [-0.1, -0.05) is 0 Å². The first-order valence-corrected chi connectivity index (χ1v) is 10.7. The molecular formula is C20H21N3O2S2. The number of carbonyl (C=O) groups is 1. The second kappa shape index (κ2) is 8.10. The van der Waals surface area contributed by atoms with Gasteiger partial charge in [0.2, 0.25) is 5.91 Å². The summed E-state index contributed by atoms with van der Waals surface area (Å²) in [6.07, 6.45) is 0.378. The predicted molar refractivity (Wildman–Crippen MR) is 111 cm³/mol. The van der Waals surface area contributed by atoms with Crippen LogP contribution in [-0.2, 0) is 11.2 Å². The Morgan fingerprint density at radius 3 is 2.56 bits per heavy atom. The molecule has 3 heterocycles. The molecule has 140 valence electrons. The van der Waals surface area contributed by atoms with E-state index in [1.54, 1.807) is 29.8 Å². The van der Waals surface area contributed by atoms with Gasteiger partial charge in [0.1, 0.15) is 10.8 Å². The Balaban J connectivity index is 1.32. The number of aromatic nitrogens is 1. The smallest absolute Gasteiger partial charge is 0.228 e. The minimum Gasteiger partial charge on any atom is -0.497 e. The van der Waals surface area contributed by atoms with Crippen molar-refractivity contribution in [3.05, 3.63) is 52.2 Å². The molecule has 1 saturated heterocycles. The Hall–Kier alpha value is -2.38. The molecule has 4 rings (SSSR count). The number of hydrogen-bond acceptors (Lipinski definition) is 6. The molecule has 1 amide bonds. The minimum atomic E-state index is 0.159. The van der Waals surface area contributed by atoms with Gasteiger partial charge in [0, 0.05) is 48.2 Å². The second-order valence-electron chi connectivity index (χ2n) is 6.40. The van der Waals surface area contributed by atoms with Crippen LogP contribution in [0.25, 0.3) is 10.6 Å². The molecule has 1 fully saturated rings. The average Bonchev–Trinajstić information content (AvgIpc) is 3.40. The van der Waals surface area contributed by atoms with E-state index in [4.69, 9.17) is 4.74 Å². The number of benzene rings is 1. The maximum atomic E-state index is 12.6. The zero-order valence-electron chi connectivity index (χ0n) is 15.1. The van der Waals surface area contributed by atoms with Gasteiger partial charge in [-0.3, -0.25) is 4.79 Å². The van der Waals surface area contributed by atoms with Gasteiger partial charge >= 0.3 is 0 Å². The molecule has 5 nitrogen and oxygen atoms in total. The Labute approximate surface area is 166 Å². The molecule has 0 unspecified atom stereocenters. The van der Waals surface area contributed by atoms with Crippen LogP contribution >= 0.6 is 22.7 Å². The number of anilines is 1. The van der Waals surface area contributed by atoms with Crippen LogP contribution in [0, 0.1) is 0 Å². The third kappa shape index (κ3) is 4.14. The maximum Gasteiger partial charge on any atom is 0.228 e. The molecule has 0 saturated carbocycles. The summed E-state index contributed by atoms with van der Waals surface area (Å²) >= 11 is 3.26. The van der Waals surface area contributed by atoms with Crippen molar-refractivity contribution in [2.75, 3.05) is 38.2 Å². The van der Waals surface area contributed by atoms with E-state index in [9.17, 15) is 4.79 Å². The van der Waals surface area contributed by atoms with E-state index in [0.717, 1.165) is 48.2 Å². The van der Waals surface area contributed by atoms with Crippen LogP contribution in [0.1, 0.15) is 5.69 Å². The lowest BCUT2D eigenvalue weighted by Crippen LogP contribution is -2.49. The first-order valence-electron chi connectivity index (χ1n) is 8.86. The monoisotopic (exact) mass is 399 g/mol. The molecule has 3 aromatic rings. The lowest BCUT2D eigenvalue weighted by atomic mass is 10.2. The van der Waals surface area contributed by atoms with Crippen LogP contribution in [0.5, 0.6) is 5.75 Å². The van der Waals surface area contributed by atoms with Crippen molar-refractivity contribution in [2.45, 2.75) is 6.42 Å². The Morgan fingerprint density at radius 2 is 1.89 bits per heavy atom. The van der Waals surface area contributed by atoms with Gasteiger partial charge in [-0.05, 0) is 35.7 Å². The molecule has 0 spiro atoms. The number of carbonyl (C=O) groups excluding carboxylic acids is 1. The minimum absolute atomic E-state index is 0.159. The van der Waals surface area contributed by atoms with Crippen LogP contribution in [0.3, 0.4) is 0 Å². The van der Waals surface area contributed by atoms with Crippen molar-refractivity contribution in [3.8, 4) is 16.3 Å². The first kappa shape index (κ1) is 18.0. The summed E-state index contributed by atoms with van der Waals surface area (Å²) in [4.78, 5) is 21.5. The summed E-state index contributed by atoms with van der Waals surface area (Å²) in [5.74, 6) is 1.02.